The second-order valence-corrected chi connectivity index (χ2v) is 3.42. The highest BCUT2D eigenvalue weighted by Gasteiger charge is 2.22. The molecule has 1 amide bonds. The summed E-state index contributed by atoms with van der Waals surface area (Å²) < 4.78 is 4.93. The molecule has 1 unspecified atom stereocenters. The van der Waals surface area contributed by atoms with Crippen molar-refractivity contribution in [2.45, 2.75) is 25.3 Å². The van der Waals surface area contributed by atoms with Gasteiger partial charge in [-0.2, -0.15) is 0 Å². The van der Waals surface area contributed by atoms with Crippen LogP contribution in [0.4, 0.5) is 0 Å². The summed E-state index contributed by atoms with van der Waals surface area (Å²) in [6, 6.07) is -0.292. The molecule has 5 heteroatoms. The van der Waals surface area contributed by atoms with E-state index in [4.69, 9.17) is 10.5 Å². The van der Waals surface area contributed by atoms with E-state index in [0.29, 0.717) is 13.2 Å². The van der Waals surface area contributed by atoms with Crippen molar-refractivity contribution in [3.8, 4) is 0 Å². The second kappa shape index (κ2) is 7.04. The van der Waals surface area contributed by atoms with Crippen LogP contribution in [0.1, 0.15) is 19.3 Å². The summed E-state index contributed by atoms with van der Waals surface area (Å²) in [5, 5.41) is 0. The number of nitrogens with zero attached hydrogens (tertiary/aromatic N) is 1. The third-order valence-corrected chi connectivity index (χ3v) is 2.39. The standard InChI is InChI=1S/C9H18N2O2.ClH/c1-13-7-6-11-5-3-2-4-8(10)9(11)12;/h8H,2-7,10H2,1H3;1H. The van der Waals surface area contributed by atoms with Gasteiger partial charge in [0.1, 0.15) is 0 Å². The summed E-state index contributed by atoms with van der Waals surface area (Å²) in [4.78, 5) is 13.4. The lowest BCUT2D eigenvalue weighted by molar-refractivity contribution is -0.132. The number of likely N-dealkylation sites (tertiary alicyclic amines) is 1. The van der Waals surface area contributed by atoms with Crippen molar-refractivity contribution in [2.24, 2.45) is 5.73 Å². The van der Waals surface area contributed by atoms with Gasteiger partial charge in [-0.3, -0.25) is 4.79 Å². The first-order chi connectivity index (χ1) is 6.25. The molecule has 1 atom stereocenters. The Kier molecular flexibility index (Phi) is 6.87. The van der Waals surface area contributed by atoms with E-state index >= 15 is 0 Å². The molecule has 0 aromatic rings. The van der Waals surface area contributed by atoms with Gasteiger partial charge in [0.25, 0.3) is 0 Å². The van der Waals surface area contributed by atoms with Gasteiger partial charge in [0.05, 0.1) is 12.6 Å². The average molecular weight is 223 g/mol. The van der Waals surface area contributed by atoms with E-state index in [1.165, 1.54) is 0 Å². The van der Waals surface area contributed by atoms with E-state index in [0.717, 1.165) is 25.8 Å². The fourth-order valence-electron chi connectivity index (χ4n) is 1.56. The number of methoxy groups -OCH3 is 1. The van der Waals surface area contributed by atoms with Gasteiger partial charge in [0.15, 0.2) is 0 Å². The lowest BCUT2D eigenvalue weighted by Gasteiger charge is -2.21. The number of carbonyl (C=O) groups is 1. The zero-order chi connectivity index (χ0) is 9.68. The number of rotatable bonds is 3. The highest BCUT2D eigenvalue weighted by Crippen LogP contribution is 2.09. The molecule has 1 aliphatic heterocycles. The molecule has 4 nitrogen and oxygen atoms in total. The molecular weight excluding hydrogens is 204 g/mol. The van der Waals surface area contributed by atoms with Gasteiger partial charge in [0.2, 0.25) is 5.91 Å². The van der Waals surface area contributed by atoms with Crippen molar-refractivity contribution in [1.82, 2.24) is 4.90 Å². The summed E-state index contributed by atoms with van der Waals surface area (Å²) in [5.74, 6) is 0.0783. The summed E-state index contributed by atoms with van der Waals surface area (Å²) in [6.45, 7) is 2.09. The highest BCUT2D eigenvalue weighted by atomic mass is 35.5. The summed E-state index contributed by atoms with van der Waals surface area (Å²) >= 11 is 0. The Morgan fingerprint density at radius 1 is 1.57 bits per heavy atom. The third kappa shape index (κ3) is 3.82. The van der Waals surface area contributed by atoms with Gasteiger partial charge in [-0.25, -0.2) is 0 Å². The molecule has 0 aliphatic carbocycles. The zero-order valence-corrected chi connectivity index (χ0v) is 9.39. The number of hydrogen-bond donors (Lipinski definition) is 1. The Bertz CT molecular complexity index is 178. The van der Waals surface area contributed by atoms with Crippen molar-refractivity contribution >= 4 is 18.3 Å². The normalized spacial score (nSPS) is 22.9. The van der Waals surface area contributed by atoms with E-state index in [1.54, 1.807) is 12.0 Å². The monoisotopic (exact) mass is 222 g/mol. The van der Waals surface area contributed by atoms with Crippen LogP contribution in [0.2, 0.25) is 0 Å². The van der Waals surface area contributed by atoms with Gasteiger partial charge in [-0.05, 0) is 19.3 Å². The van der Waals surface area contributed by atoms with Crippen LogP contribution in [0.3, 0.4) is 0 Å². The molecule has 1 aliphatic rings. The Hall–Kier alpha value is -0.320. The number of halogens is 1. The molecule has 0 spiro atoms. The molecule has 0 bridgehead atoms. The van der Waals surface area contributed by atoms with Crippen molar-refractivity contribution in [3.63, 3.8) is 0 Å². The van der Waals surface area contributed by atoms with Crippen molar-refractivity contribution in [3.05, 3.63) is 0 Å². The van der Waals surface area contributed by atoms with Gasteiger partial charge in [-0.15, -0.1) is 12.4 Å². The molecule has 14 heavy (non-hydrogen) atoms. The minimum Gasteiger partial charge on any atom is -0.383 e. The molecule has 0 aromatic heterocycles. The quantitative estimate of drug-likeness (QED) is 0.752. The van der Waals surface area contributed by atoms with Crippen LogP contribution in [0.15, 0.2) is 0 Å². The van der Waals surface area contributed by atoms with E-state index in [1.807, 2.05) is 0 Å². The number of hydrogen-bond acceptors (Lipinski definition) is 3. The number of nitrogens with two attached hydrogens (primary N) is 1. The number of carbonyl (C=O) groups excluding carboxylic acids is 1. The third-order valence-electron chi connectivity index (χ3n) is 2.39. The maximum atomic E-state index is 11.6. The smallest absolute Gasteiger partial charge is 0.239 e. The molecule has 1 heterocycles. The van der Waals surface area contributed by atoms with Crippen LogP contribution in [-0.2, 0) is 9.53 Å². The van der Waals surface area contributed by atoms with Crippen LogP contribution < -0.4 is 5.73 Å². The van der Waals surface area contributed by atoms with Crippen molar-refractivity contribution in [2.75, 3.05) is 26.8 Å². The largest absolute Gasteiger partial charge is 0.383 e. The van der Waals surface area contributed by atoms with Crippen LogP contribution in [0.5, 0.6) is 0 Å². The topological polar surface area (TPSA) is 55.6 Å². The molecular formula is C9H19ClN2O2. The fourth-order valence-corrected chi connectivity index (χ4v) is 1.56. The Labute approximate surface area is 91.2 Å². The van der Waals surface area contributed by atoms with Gasteiger partial charge in [0, 0.05) is 20.2 Å². The van der Waals surface area contributed by atoms with Crippen molar-refractivity contribution in [1.29, 1.82) is 0 Å². The van der Waals surface area contributed by atoms with E-state index in [9.17, 15) is 4.79 Å². The minimum absolute atomic E-state index is 0. The maximum Gasteiger partial charge on any atom is 0.239 e. The van der Waals surface area contributed by atoms with Gasteiger partial charge < -0.3 is 15.4 Å². The van der Waals surface area contributed by atoms with Crippen LogP contribution in [0, 0.1) is 0 Å². The lowest BCUT2D eigenvalue weighted by Crippen LogP contribution is -2.43. The first-order valence-electron chi connectivity index (χ1n) is 4.79. The summed E-state index contributed by atoms with van der Waals surface area (Å²) in [6.07, 6.45) is 2.93. The lowest BCUT2D eigenvalue weighted by atomic mass is 10.1. The Morgan fingerprint density at radius 3 is 2.93 bits per heavy atom. The van der Waals surface area contributed by atoms with E-state index < -0.39 is 0 Å². The highest BCUT2D eigenvalue weighted by molar-refractivity contribution is 5.85. The van der Waals surface area contributed by atoms with E-state index in [2.05, 4.69) is 0 Å². The molecule has 0 radical (unpaired) electrons. The first-order valence-corrected chi connectivity index (χ1v) is 4.79. The zero-order valence-electron chi connectivity index (χ0n) is 8.57. The average Bonchev–Trinajstić information content (AvgIpc) is 2.28. The number of ether oxygens (including phenoxy) is 1. The van der Waals surface area contributed by atoms with E-state index in [-0.39, 0.29) is 24.4 Å². The predicted molar refractivity (Wildman–Crippen MR) is 57.5 cm³/mol. The molecule has 2 N–H and O–H groups in total. The summed E-state index contributed by atoms with van der Waals surface area (Å²) in [5.41, 5.74) is 5.71. The van der Waals surface area contributed by atoms with Gasteiger partial charge in [-0.1, -0.05) is 0 Å². The van der Waals surface area contributed by atoms with Crippen molar-refractivity contribution < 1.29 is 9.53 Å². The first kappa shape index (κ1) is 13.7. The SMILES string of the molecule is COCCN1CCCCC(N)C1=O.Cl. The van der Waals surface area contributed by atoms with Gasteiger partial charge >= 0.3 is 0 Å². The predicted octanol–water partition coefficient (Wildman–Crippen LogP) is 0.394. The summed E-state index contributed by atoms with van der Waals surface area (Å²) in [7, 11) is 1.64. The molecule has 0 aromatic carbocycles. The Balaban J connectivity index is 0.00000169. The minimum atomic E-state index is -0.292. The maximum absolute atomic E-state index is 11.6. The van der Waals surface area contributed by atoms with Crippen LogP contribution in [0.25, 0.3) is 0 Å². The Morgan fingerprint density at radius 2 is 2.29 bits per heavy atom. The number of amides is 1. The fraction of sp³-hybridized carbons (Fsp3) is 0.889. The molecule has 1 rings (SSSR count). The molecule has 84 valence electrons. The van der Waals surface area contributed by atoms with Crippen LogP contribution >= 0.6 is 12.4 Å². The van der Waals surface area contributed by atoms with Crippen LogP contribution in [-0.4, -0.2) is 43.7 Å². The second-order valence-electron chi connectivity index (χ2n) is 3.42. The molecule has 1 fully saturated rings. The molecule has 1 saturated heterocycles. The molecule has 0 saturated carbocycles.